The molecular formula is C7H10BrNO2S. The van der Waals surface area contributed by atoms with Gasteiger partial charge in [-0.1, -0.05) is 0 Å². The molecule has 0 aliphatic carbocycles. The van der Waals surface area contributed by atoms with Gasteiger partial charge in [-0.05, 0) is 22.0 Å². The average molecular weight is 252 g/mol. The van der Waals surface area contributed by atoms with Crippen LogP contribution in [0, 0.1) is 0 Å². The summed E-state index contributed by atoms with van der Waals surface area (Å²) in [6, 6.07) is 1.72. The van der Waals surface area contributed by atoms with E-state index in [1.165, 1.54) is 0 Å². The molecule has 0 fully saturated rings. The van der Waals surface area contributed by atoms with Gasteiger partial charge < -0.3 is 15.2 Å². The number of rotatable bonds is 3. The zero-order valence-electron chi connectivity index (χ0n) is 6.24. The Kier molecular flexibility index (Phi) is 3.64. The van der Waals surface area contributed by atoms with Crippen LogP contribution < -0.4 is 0 Å². The van der Waals surface area contributed by atoms with Crippen LogP contribution in [0.2, 0.25) is 0 Å². The minimum absolute atomic E-state index is 0.234. The Morgan fingerprint density at radius 2 is 2.25 bits per heavy atom. The lowest BCUT2D eigenvalue weighted by atomic mass is 10.2. The van der Waals surface area contributed by atoms with Crippen molar-refractivity contribution >= 4 is 28.6 Å². The van der Waals surface area contributed by atoms with E-state index in [2.05, 4.69) is 33.5 Å². The highest BCUT2D eigenvalue weighted by Gasteiger charge is 2.17. The maximum absolute atomic E-state index is 9.45. The van der Waals surface area contributed by atoms with Gasteiger partial charge in [-0.25, -0.2) is 0 Å². The lowest BCUT2D eigenvalue weighted by molar-refractivity contribution is 0.0313. The van der Waals surface area contributed by atoms with Crippen molar-refractivity contribution in [1.29, 1.82) is 0 Å². The molecular weight excluding hydrogens is 242 g/mol. The normalized spacial score (nSPS) is 16.0. The van der Waals surface area contributed by atoms with Crippen LogP contribution in [-0.4, -0.2) is 27.1 Å². The summed E-state index contributed by atoms with van der Waals surface area (Å²) in [6.07, 6.45) is -0.0308. The third kappa shape index (κ3) is 2.26. The van der Waals surface area contributed by atoms with E-state index in [0.29, 0.717) is 5.69 Å². The summed E-state index contributed by atoms with van der Waals surface area (Å²) in [5.74, 6) is 0.234. The summed E-state index contributed by atoms with van der Waals surface area (Å²) >= 11 is 7.10. The molecule has 0 aromatic carbocycles. The van der Waals surface area contributed by atoms with Crippen molar-refractivity contribution in [3.8, 4) is 0 Å². The van der Waals surface area contributed by atoms with Crippen molar-refractivity contribution in [3.63, 3.8) is 0 Å². The summed E-state index contributed by atoms with van der Waals surface area (Å²) in [4.78, 5) is 2.83. The Hall–Kier alpha value is 0.0300. The molecule has 2 unspecified atom stereocenters. The van der Waals surface area contributed by atoms with Crippen LogP contribution in [0.1, 0.15) is 11.8 Å². The van der Waals surface area contributed by atoms with Gasteiger partial charge in [0.25, 0.3) is 0 Å². The predicted molar refractivity (Wildman–Crippen MR) is 53.3 cm³/mol. The highest BCUT2D eigenvalue weighted by Crippen LogP contribution is 2.20. The fourth-order valence-electron chi connectivity index (χ4n) is 0.862. The molecule has 1 aromatic heterocycles. The summed E-state index contributed by atoms with van der Waals surface area (Å²) < 4.78 is 0.850. The highest BCUT2D eigenvalue weighted by molar-refractivity contribution is 9.10. The van der Waals surface area contributed by atoms with Gasteiger partial charge in [0.1, 0.15) is 6.10 Å². The van der Waals surface area contributed by atoms with Gasteiger partial charge in [0.15, 0.2) is 0 Å². The molecule has 3 N–H and O–H groups in total. The van der Waals surface area contributed by atoms with Gasteiger partial charge in [-0.3, -0.25) is 0 Å². The first-order valence-corrected chi connectivity index (χ1v) is 4.88. The fraction of sp³-hybridized carbons (Fsp3) is 0.429. The molecule has 0 aliphatic rings. The Morgan fingerprint density at radius 3 is 2.67 bits per heavy atom. The number of halogens is 1. The second kappa shape index (κ2) is 4.32. The number of thiol groups is 1. The van der Waals surface area contributed by atoms with Crippen molar-refractivity contribution < 1.29 is 10.2 Å². The van der Waals surface area contributed by atoms with Crippen LogP contribution in [0.5, 0.6) is 0 Å². The van der Waals surface area contributed by atoms with Crippen LogP contribution >= 0.6 is 28.6 Å². The second-order valence-electron chi connectivity index (χ2n) is 2.47. The monoisotopic (exact) mass is 251 g/mol. The number of H-pyrrole nitrogens is 1. The molecule has 0 amide bonds. The standard InChI is InChI=1S/C7H10BrNO2S/c8-4-1-5(9-2-4)7(11)6(10)3-12/h1-2,6-7,9-12H,3H2. The van der Waals surface area contributed by atoms with Crippen molar-refractivity contribution in [2.24, 2.45) is 0 Å². The first-order valence-electron chi connectivity index (χ1n) is 3.46. The van der Waals surface area contributed by atoms with Crippen molar-refractivity contribution in [2.45, 2.75) is 12.2 Å². The smallest absolute Gasteiger partial charge is 0.120 e. The van der Waals surface area contributed by atoms with Gasteiger partial charge in [0.2, 0.25) is 0 Å². The molecule has 1 aromatic rings. The van der Waals surface area contributed by atoms with Gasteiger partial charge >= 0.3 is 0 Å². The molecule has 12 heavy (non-hydrogen) atoms. The van der Waals surface area contributed by atoms with Crippen LogP contribution in [0.25, 0.3) is 0 Å². The molecule has 68 valence electrons. The van der Waals surface area contributed by atoms with Crippen molar-refractivity contribution in [1.82, 2.24) is 4.98 Å². The largest absolute Gasteiger partial charge is 0.389 e. The van der Waals surface area contributed by atoms with Gasteiger partial charge in [-0.15, -0.1) is 0 Å². The number of aromatic amines is 1. The van der Waals surface area contributed by atoms with Gasteiger partial charge in [-0.2, -0.15) is 12.6 Å². The molecule has 0 saturated carbocycles. The molecule has 0 radical (unpaired) electrons. The van der Waals surface area contributed by atoms with Crippen LogP contribution in [0.4, 0.5) is 0 Å². The van der Waals surface area contributed by atoms with E-state index in [1.807, 2.05) is 0 Å². The first-order chi connectivity index (χ1) is 5.65. The summed E-state index contributed by atoms with van der Waals surface area (Å²) in [5.41, 5.74) is 0.587. The maximum atomic E-state index is 9.45. The van der Waals surface area contributed by atoms with E-state index in [4.69, 9.17) is 0 Å². The Balaban J connectivity index is 2.70. The molecule has 3 nitrogen and oxygen atoms in total. The van der Waals surface area contributed by atoms with E-state index in [1.54, 1.807) is 12.3 Å². The zero-order chi connectivity index (χ0) is 9.14. The van der Waals surface area contributed by atoms with Crippen LogP contribution in [0.15, 0.2) is 16.7 Å². The first kappa shape index (κ1) is 10.1. The summed E-state index contributed by atoms with van der Waals surface area (Å²) in [7, 11) is 0. The molecule has 0 aliphatic heterocycles. The van der Waals surface area contributed by atoms with Crippen LogP contribution in [0.3, 0.4) is 0 Å². The molecule has 5 heteroatoms. The third-order valence-electron chi connectivity index (χ3n) is 1.54. The number of aliphatic hydroxyl groups excluding tert-OH is 2. The quantitative estimate of drug-likeness (QED) is 0.609. The third-order valence-corrected chi connectivity index (χ3v) is 2.37. The summed E-state index contributed by atoms with van der Waals surface area (Å²) in [6.45, 7) is 0. The molecule has 1 heterocycles. The van der Waals surface area contributed by atoms with E-state index in [-0.39, 0.29) is 5.75 Å². The number of aromatic nitrogens is 1. The molecule has 2 atom stereocenters. The lowest BCUT2D eigenvalue weighted by Crippen LogP contribution is -2.19. The molecule has 1 rings (SSSR count). The maximum Gasteiger partial charge on any atom is 0.120 e. The van der Waals surface area contributed by atoms with Gasteiger partial charge in [0, 0.05) is 22.1 Å². The molecule has 0 saturated heterocycles. The molecule has 0 bridgehead atoms. The Bertz CT molecular complexity index is 253. The average Bonchev–Trinajstić information content (AvgIpc) is 2.49. The van der Waals surface area contributed by atoms with Crippen molar-refractivity contribution in [3.05, 3.63) is 22.4 Å². The number of hydrogen-bond donors (Lipinski definition) is 4. The number of hydrogen-bond acceptors (Lipinski definition) is 3. The topological polar surface area (TPSA) is 56.2 Å². The van der Waals surface area contributed by atoms with E-state index in [0.717, 1.165) is 4.47 Å². The van der Waals surface area contributed by atoms with Crippen LogP contribution in [-0.2, 0) is 0 Å². The predicted octanol–water partition coefficient (Wildman–Crippen LogP) is 1.10. The number of nitrogens with one attached hydrogen (secondary N) is 1. The summed E-state index contributed by atoms with van der Waals surface area (Å²) in [5, 5.41) is 18.7. The number of aliphatic hydroxyl groups is 2. The Labute approximate surface area is 84.3 Å². The zero-order valence-corrected chi connectivity index (χ0v) is 8.72. The van der Waals surface area contributed by atoms with Gasteiger partial charge in [0.05, 0.1) is 6.10 Å². The van der Waals surface area contributed by atoms with Crippen molar-refractivity contribution in [2.75, 3.05) is 5.75 Å². The SMILES string of the molecule is OC(CS)C(O)c1cc(Br)c[nH]1. The minimum atomic E-state index is -0.895. The van der Waals surface area contributed by atoms with E-state index in [9.17, 15) is 10.2 Å². The van der Waals surface area contributed by atoms with E-state index >= 15 is 0 Å². The second-order valence-corrected chi connectivity index (χ2v) is 3.75. The Morgan fingerprint density at radius 1 is 1.58 bits per heavy atom. The molecule has 0 spiro atoms. The minimum Gasteiger partial charge on any atom is -0.389 e. The fourth-order valence-corrected chi connectivity index (χ4v) is 1.42. The highest BCUT2D eigenvalue weighted by atomic mass is 79.9. The lowest BCUT2D eigenvalue weighted by Gasteiger charge is -2.13. The van der Waals surface area contributed by atoms with E-state index < -0.39 is 12.2 Å².